The number of fused-ring (bicyclic) bond motifs is 1. The summed E-state index contributed by atoms with van der Waals surface area (Å²) < 4.78 is 3.05. The van der Waals surface area contributed by atoms with Crippen molar-refractivity contribution in [3.8, 4) is 17.6 Å². The third-order valence-electron chi connectivity index (χ3n) is 4.55. The molecule has 4 aromatic rings. The van der Waals surface area contributed by atoms with Crippen LogP contribution in [0.4, 0.5) is 0 Å². The fourth-order valence-electron chi connectivity index (χ4n) is 3.29. The Morgan fingerprint density at radius 2 is 2.07 bits per heavy atom. The summed E-state index contributed by atoms with van der Waals surface area (Å²) >= 11 is 0. The number of hydrogen-bond donors (Lipinski definition) is 2. The molecular formula is C22H19N5O2. The van der Waals surface area contributed by atoms with Crippen molar-refractivity contribution in [2.45, 2.75) is 12.8 Å². The first kappa shape index (κ1) is 18.5. The summed E-state index contributed by atoms with van der Waals surface area (Å²) in [6.07, 6.45) is 7.39. The fraction of sp³-hybridized carbons (Fsp3) is 0.136. The molecule has 0 saturated carbocycles. The number of rotatable bonds is 4. The van der Waals surface area contributed by atoms with Gasteiger partial charge in [-0.2, -0.15) is 4.68 Å². The SMILES string of the molecule is NCCc1c(C#CCc2cccc(O)c2)c(=O)n(-n2ccnc2)c2ncccc12. The lowest BCUT2D eigenvalue weighted by Gasteiger charge is -2.14. The van der Waals surface area contributed by atoms with E-state index >= 15 is 0 Å². The number of aromatic nitrogens is 4. The van der Waals surface area contributed by atoms with Crippen molar-refractivity contribution >= 4 is 11.0 Å². The van der Waals surface area contributed by atoms with Gasteiger partial charge in [0.15, 0.2) is 5.65 Å². The Hall–Kier alpha value is -3.89. The minimum atomic E-state index is -0.277. The molecule has 0 radical (unpaired) electrons. The summed E-state index contributed by atoms with van der Waals surface area (Å²) in [5.41, 5.74) is 8.12. The van der Waals surface area contributed by atoms with Gasteiger partial charge < -0.3 is 10.8 Å². The lowest BCUT2D eigenvalue weighted by molar-refractivity contribution is 0.475. The van der Waals surface area contributed by atoms with Gasteiger partial charge >= 0.3 is 0 Å². The first-order chi connectivity index (χ1) is 14.2. The van der Waals surface area contributed by atoms with E-state index in [4.69, 9.17) is 5.73 Å². The molecule has 3 heterocycles. The number of phenolic OH excluding ortho intramolecular Hbond substituents is 1. The Labute approximate surface area is 167 Å². The van der Waals surface area contributed by atoms with Crippen molar-refractivity contribution < 1.29 is 5.11 Å². The van der Waals surface area contributed by atoms with Crippen LogP contribution in [-0.4, -0.2) is 31.0 Å². The number of hydrogen-bond acceptors (Lipinski definition) is 5. The summed E-state index contributed by atoms with van der Waals surface area (Å²) in [6, 6.07) is 10.7. The number of phenols is 1. The van der Waals surface area contributed by atoms with E-state index in [9.17, 15) is 9.90 Å². The summed E-state index contributed by atoms with van der Waals surface area (Å²) in [7, 11) is 0. The van der Waals surface area contributed by atoms with E-state index in [-0.39, 0.29) is 11.3 Å². The van der Waals surface area contributed by atoms with Crippen LogP contribution in [0.15, 0.2) is 66.1 Å². The minimum absolute atomic E-state index is 0.187. The molecule has 144 valence electrons. The summed E-state index contributed by atoms with van der Waals surface area (Å²) in [6.45, 7) is 0.389. The van der Waals surface area contributed by atoms with Gasteiger partial charge in [0.05, 0.1) is 5.56 Å². The molecule has 0 aliphatic carbocycles. The summed E-state index contributed by atoms with van der Waals surface area (Å²) in [4.78, 5) is 21.8. The molecule has 3 aromatic heterocycles. The van der Waals surface area contributed by atoms with Crippen LogP contribution >= 0.6 is 0 Å². The van der Waals surface area contributed by atoms with E-state index in [1.54, 1.807) is 47.8 Å². The zero-order valence-electron chi connectivity index (χ0n) is 15.6. The highest BCUT2D eigenvalue weighted by molar-refractivity contribution is 5.81. The molecule has 7 heteroatoms. The number of nitrogens with zero attached hydrogens (tertiary/aromatic N) is 4. The Morgan fingerprint density at radius 3 is 2.83 bits per heavy atom. The summed E-state index contributed by atoms with van der Waals surface area (Å²) in [5.74, 6) is 6.30. The molecule has 7 nitrogen and oxygen atoms in total. The number of aromatic hydroxyl groups is 1. The van der Waals surface area contributed by atoms with Crippen LogP contribution in [-0.2, 0) is 12.8 Å². The molecule has 0 aliphatic rings. The Morgan fingerprint density at radius 1 is 1.17 bits per heavy atom. The minimum Gasteiger partial charge on any atom is -0.508 e. The molecule has 1 aromatic carbocycles. The van der Waals surface area contributed by atoms with Crippen molar-refractivity contribution in [2.24, 2.45) is 5.73 Å². The zero-order chi connectivity index (χ0) is 20.2. The molecular weight excluding hydrogens is 366 g/mol. The van der Waals surface area contributed by atoms with Gasteiger partial charge in [-0.3, -0.25) is 4.79 Å². The van der Waals surface area contributed by atoms with Crippen molar-refractivity contribution in [3.63, 3.8) is 0 Å². The topological polar surface area (TPSA) is 99.0 Å². The fourth-order valence-corrected chi connectivity index (χ4v) is 3.29. The van der Waals surface area contributed by atoms with Crippen LogP contribution in [0.2, 0.25) is 0 Å². The lowest BCUT2D eigenvalue weighted by atomic mass is 10.0. The van der Waals surface area contributed by atoms with Gasteiger partial charge in [0.2, 0.25) is 0 Å². The predicted molar refractivity (Wildman–Crippen MR) is 110 cm³/mol. The van der Waals surface area contributed by atoms with Crippen LogP contribution in [0.5, 0.6) is 5.75 Å². The van der Waals surface area contributed by atoms with Crippen molar-refractivity contribution in [2.75, 3.05) is 6.54 Å². The van der Waals surface area contributed by atoms with E-state index in [0.29, 0.717) is 30.6 Å². The van der Waals surface area contributed by atoms with Crippen LogP contribution < -0.4 is 11.3 Å². The van der Waals surface area contributed by atoms with E-state index in [0.717, 1.165) is 16.5 Å². The van der Waals surface area contributed by atoms with Crippen LogP contribution in [0.1, 0.15) is 16.7 Å². The van der Waals surface area contributed by atoms with Gasteiger partial charge in [-0.15, -0.1) is 0 Å². The molecule has 0 spiro atoms. The smallest absolute Gasteiger partial charge is 0.287 e. The third kappa shape index (κ3) is 3.61. The Kier molecular flexibility index (Phi) is 5.10. The van der Waals surface area contributed by atoms with Gasteiger partial charge in [0.1, 0.15) is 12.1 Å². The van der Waals surface area contributed by atoms with Crippen molar-refractivity contribution in [1.82, 2.24) is 19.3 Å². The quantitative estimate of drug-likeness (QED) is 0.521. The second-order valence-electron chi connectivity index (χ2n) is 6.47. The van der Waals surface area contributed by atoms with E-state index in [1.165, 1.54) is 4.68 Å². The molecule has 3 N–H and O–H groups in total. The number of imidazole rings is 1. The van der Waals surface area contributed by atoms with Crippen LogP contribution in [0, 0.1) is 11.8 Å². The van der Waals surface area contributed by atoms with Gasteiger partial charge in [0.25, 0.3) is 5.56 Å². The van der Waals surface area contributed by atoms with Gasteiger partial charge in [-0.05, 0) is 48.4 Å². The molecule has 0 unspecified atom stereocenters. The Balaban J connectivity index is 1.91. The maximum absolute atomic E-state index is 13.4. The highest BCUT2D eigenvalue weighted by Gasteiger charge is 2.16. The number of nitrogens with two attached hydrogens (primary N) is 1. The molecule has 29 heavy (non-hydrogen) atoms. The second kappa shape index (κ2) is 8.00. The third-order valence-corrected chi connectivity index (χ3v) is 4.55. The van der Waals surface area contributed by atoms with Gasteiger partial charge in [0, 0.05) is 30.4 Å². The van der Waals surface area contributed by atoms with E-state index in [2.05, 4.69) is 21.8 Å². The van der Waals surface area contributed by atoms with Gasteiger partial charge in [-0.1, -0.05) is 24.0 Å². The molecule has 0 fully saturated rings. The molecule has 0 aliphatic heterocycles. The molecule has 0 saturated heterocycles. The number of pyridine rings is 2. The largest absolute Gasteiger partial charge is 0.508 e. The average Bonchev–Trinajstić information content (AvgIpc) is 3.24. The predicted octanol–water partition coefficient (Wildman–Crippen LogP) is 1.71. The molecule has 0 atom stereocenters. The van der Waals surface area contributed by atoms with Crippen LogP contribution in [0.25, 0.3) is 11.0 Å². The Bertz CT molecular complexity index is 1280. The highest BCUT2D eigenvalue weighted by atomic mass is 16.3. The first-order valence-electron chi connectivity index (χ1n) is 9.17. The molecule has 0 bridgehead atoms. The van der Waals surface area contributed by atoms with Crippen molar-refractivity contribution in [1.29, 1.82) is 0 Å². The standard InChI is InChI=1S/C22H19N5O2/c23-10-9-18-19-8-3-11-25-21(19)27(26-13-12-24-15-26)22(29)20(18)7-2-5-16-4-1-6-17(28)14-16/h1,3-4,6,8,11-15,28H,5,9-10,23H2. The summed E-state index contributed by atoms with van der Waals surface area (Å²) in [5, 5.41) is 10.4. The lowest BCUT2D eigenvalue weighted by Crippen LogP contribution is -2.30. The highest BCUT2D eigenvalue weighted by Crippen LogP contribution is 2.19. The second-order valence-corrected chi connectivity index (χ2v) is 6.47. The normalized spacial score (nSPS) is 10.7. The average molecular weight is 385 g/mol. The maximum Gasteiger partial charge on any atom is 0.287 e. The molecule has 0 amide bonds. The van der Waals surface area contributed by atoms with Crippen molar-refractivity contribution in [3.05, 3.63) is 88.4 Å². The zero-order valence-corrected chi connectivity index (χ0v) is 15.6. The maximum atomic E-state index is 13.4. The van der Waals surface area contributed by atoms with E-state index in [1.807, 2.05) is 18.2 Å². The first-order valence-corrected chi connectivity index (χ1v) is 9.17. The molecule has 4 rings (SSSR count). The monoisotopic (exact) mass is 385 g/mol. The number of benzene rings is 1. The van der Waals surface area contributed by atoms with E-state index < -0.39 is 0 Å². The van der Waals surface area contributed by atoms with Gasteiger partial charge in [-0.25, -0.2) is 14.6 Å². The van der Waals surface area contributed by atoms with Crippen LogP contribution in [0.3, 0.4) is 0 Å².